The number of nitrogens with zero attached hydrogens (tertiary/aromatic N) is 1. The Morgan fingerprint density at radius 3 is 2.76 bits per heavy atom. The van der Waals surface area contributed by atoms with Gasteiger partial charge in [-0.3, -0.25) is 0 Å². The van der Waals surface area contributed by atoms with Crippen LogP contribution in [0.1, 0.15) is 10.6 Å². The van der Waals surface area contributed by atoms with E-state index in [4.69, 9.17) is 0 Å². The topological polar surface area (TPSA) is 54.0 Å². The molecule has 25 heavy (non-hydrogen) atoms. The minimum atomic E-state index is -0.217. The first-order valence-electron chi connectivity index (χ1n) is 7.89. The molecule has 0 saturated heterocycles. The molecule has 0 radical (unpaired) electrons. The second kappa shape index (κ2) is 8.82. The van der Waals surface area contributed by atoms with Crippen LogP contribution < -0.4 is 10.6 Å². The third-order valence-corrected chi connectivity index (χ3v) is 5.53. The van der Waals surface area contributed by atoms with E-state index in [0.29, 0.717) is 24.4 Å². The number of thioether (sulfide) groups is 1. The van der Waals surface area contributed by atoms with Crippen LogP contribution in [-0.2, 0) is 12.3 Å². The zero-order valence-corrected chi connectivity index (χ0v) is 15.1. The average molecular weight is 375 g/mol. The quantitative estimate of drug-likeness (QED) is 0.610. The molecular weight excluding hydrogens is 357 g/mol. The minimum absolute atomic E-state index is 0.184. The van der Waals surface area contributed by atoms with E-state index in [1.807, 2.05) is 30.3 Å². The number of benzene rings is 2. The average Bonchev–Trinajstić information content (AvgIpc) is 3.04. The van der Waals surface area contributed by atoms with Gasteiger partial charge in [0.05, 0.1) is 16.8 Å². The lowest BCUT2D eigenvalue weighted by atomic mass is 10.2. The van der Waals surface area contributed by atoms with Crippen molar-refractivity contribution in [3.8, 4) is 0 Å². The van der Waals surface area contributed by atoms with Gasteiger partial charge in [-0.2, -0.15) is 11.8 Å². The van der Waals surface area contributed by atoms with E-state index >= 15 is 0 Å². The van der Waals surface area contributed by atoms with Gasteiger partial charge in [0, 0.05) is 18.1 Å². The van der Waals surface area contributed by atoms with E-state index in [-0.39, 0.29) is 11.8 Å². The Kier molecular flexibility index (Phi) is 6.25. The SMILES string of the molecule is O=C(NCCSCc1ccccc1F)NCc1nc2ccccc2s1. The van der Waals surface area contributed by atoms with E-state index in [0.717, 1.165) is 21.0 Å². The maximum atomic E-state index is 13.5. The van der Waals surface area contributed by atoms with Gasteiger partial charge < -0.3 is 10.6 Å². The second-order valence-corrected chi connectivity index (χ2v) is 7.55. The number of carbonyl (C=O) groups is 1. The van der Waals surface area contributed by atoms with Gasteiger partial charge in [-0.25, -0.2) is 14.2 Å². The van der Waals surface area contributed by atoms with Crippen molar-refractivity contribution in [3.05, 3.63) is 64.9 Å². The molecule has 0 unspecified atom stereocenters. The molecule has 0 bridgehead atoms. The highest BCUT2D eigenvalue weighted by molar-refractivity contribution is 7.98. The summed E-state index contributed by atoms with van der Waals surface area (Å²) in [4.78, 5) is 16.3. The van der Waals surface area contributed by atoms with Crippen LogP contribution in [0.15, 0.2) is 48.5 Å². The number of aromatic nitrogens is 1. The maximum absolute atomic E-state index is 13.5. The van der Waals surface area contributed by atoms with Crippen molar-refractivity contribution in [1.29, 1.82) is 0 Å². The lowest BCUT2D eigenvalue weighted by Gasteiger charge is -2.06. The highest BCUT2D eigenvalue weighted by Gasteiger charge is 2.05. The number of hydrogen-bond acceptors (Lipinski definition) is 4. The van der Waals surface area contributed by atoms with E-state index in [1.165, 1.54) is 6.07 Å². The Bertz CT molecular complexity index is 820. The Hall–Kier alpha value is -2.12. The Labute approximate surface area is 153 Å². The summed E-state index contributed by atoms with van der Waals surface area (Å²) >= 11 is 3.16. The maximum Gasteiger partial charge on any atom is 0.315 e. The van der Waals surface area contributed by atoms with Crippen molar-refractivity contribution in [2.24, 2.45) is 0 Å². The molecule has 3 aromatic rings. The normalized spacial score (nSPS) is 10.8. The lowest BCUT2D eigenvalue weighted by Crippen LogP contribution is -2.36. The van der Waals surface area contributed by atoms with Crippen molar-refractivity contribution >= 4 is 39.3 Å². The molecule has 0 saturated carbocycles. The number of carbonyl (C=O) groups excluding carboxylic acids is 1. The number of hydrogen-bond donors (Lipinski definition) is 2. The van der Waals surface area contributed by atoms with Crippen LogP contribution >= 0.6 is 23.1 Å². The molecule has 2 amide bonds. The number of fused-ring (bicyclic) bond motifs is 1. The van der Waals surface area contributed by atoms with Crippen LogP contribution in [0.5, 0.6) is 0 Å². The molecule has 2 N–H and O–H groups in total. The fourth-order valence-electron chi connectivity index (χ4n) is 2.25. The number of thiazole rings is 1. The highest BCUT2D eigenvalue weighted by atomic mass is 32.2. The number of halogens is 1. The van der Waals surface area contributed by atoms with Crippen LogP contribution in [-0.4, -0.2) is 23.3 Å². The molecule has 0 aliphatic carbocycles. The second-order valence-electron chi connectivity index (χ2n) is 5.33. The predicted octanol–water partition coefficient (Wildman–Crippen LogP) is 4.17. The van der Waals surface area contributed by atoms with Crippen molar-refractivity contribution in [2.45, 2.75) is 12.3 Å². The van der Waals surface area contributed by atoms with Gasteiger partial charge in [0.25, 0.3) is 0 Å². The summed E-state index contributed by atoms with van der Waals surface area (Å²) in [6.45, 7) is 0.943. The lowest BCUT2D eigenvalue weighted by molar-refractivity contribution is 0.241. The summed E-state index contributed by atoms with van der Waals surface area (Å²) in [6, 6.07) is 14.4. The number of rotatable bonds is 7. The van der Waals surface area contributed by atoms with Crippen molar-refractivity contribution < 1.29 is 9.18 Å². The third-order valence-electron chi connectivity index (χ3n) is 3.49. The molecule has 0 fully saturated rings. The summed E-state index contributed by atoms with van der Waals surface area (Å²) in [5.41, 5.74) is 1.64. The predicted molar refractivity (Wildman–Crippen MR) is 102 cm³/mol. The van der Waals surface area contributed by atoms with Crippen LogP contribution in [0, 0.1) is 5.82 Å². The van der Waals surface area contributed by atoms with Gasteiger partial charge in [0.15, 0.2) is 0 Å². The molecule has 3 rings (SSSR count). The molecule has 1 aromatic heterocycles. The first kappa shape index (κ1) is 17.7. The monoisotopic (exact) mass is 375 g/mol. The van der Waals surface area contributed by atoms with E-state index in [9.17, 15) is 9.18 Å². The van der Waals surface area contributed by atoms with E-state index in [1.54, 1.807) is 35.2 Å². The fourth-order valence-corrected chi connectivity index (χ4v) is 4.00. The van der Waals surface area contributed by atoms with Gasteiger partial charge >= 0.3 is 6.03 Å². The zero-order chi connectivity index (χ0) is 17.5. The van der Waals surface area contributed by atoms with Crippen LogP contribution in [0.2, 0.25) is 0 Å². The van der Waals surface area contributed by atoms with E-state index in [2.05, 4.69) is 15.6 Å². The van der Waals surface area contributed by atoms with E-state index < -0.39 is 0 Å². The standard InChI is InChI=1S/C18H18FN3OS2/c19-14-6-2-1-5-13(14)12-24-10-9-20-18(23)21-11-17-22-15-7-3-4-8-16(15)25-17/h1-8H,9-12H2,(H2,20,21,23). The fraction of sp³-hybridized carbons (Fsp3) is 0.222. The Balaban J connectivity index is 1.33. The van der Waals surface area contributed by atoms with Crippen LogP contribution in [0.25, 0.3) is 10.2 Å². The molecule has 0 spiro atoms. The molecule has 7 heteroatoms. The summed E-state index contributed by atoms with van der Waals surface area (Å²) in [5.74, 6) is 1.14. The number of amides is 2. The third kappa shape index (κ3) is 5.17. The molecule has 4 nitrogen and oxygen atoms in total. The summed E-state index contributed by atoms with van der Waals surface area (Å²) < 4.78 is 14.6. The number of para-hydroxylation sites is 1. The molecule has 2 aromatic carbocycles. The van der Waals surface area contributed by atoms with Gasteiger partial charge in [0.2, 0.25) is 0 Å². The number of urea groups is 1. The summed E-state index contributed by atoms with van der Waals surface area (Å²) in [6.07, 6.45) is 0. The molecule has 0 aliphatic heterocycles. The Morgan fingerprint density at radius 1 is 1.12 bits per heavy atom. The highest BCUT2D eigenvalue weighted by Crippen LogP contribution is 2.21. The first-order valence-corrected chi connectivity index (χ1v) is 9.87. The van der Waals surface area contributed by atoms with Crippen molar-refractivity contribution in [2.75, 3.05) is 12.3 Å². The smallest absolute Gasteiger partial charge is 0.315 e. The minimum Gasteiger partial charge on any atom is -0.337 e. The zero-order valence-electron chi connectivity index (χ0n) is 13.5. The van der Waals surface area contributed by atoms with Crippen LogP contribution in [0.4, 0.5) is 9.18 Å². The van der Waals surface area contributed by atoms with Gasteiger partial charge in [0.1, 0.15) is 10.8 Å². The van der Waals surface area contributed by atoms with Crippen molar-refractivity contribution in [3.63, 3.8) is 0 Å². The molecule has 0 aliphatic rings. The first-order chi connectivity index (χ1) is 12.2. The Morgan fingerprint density at radius 2 is 1.92 bits per heavy atom. The molecular formula is C18H18FN3OS2. The van der Waals surface area contributed by atoms with Gasteiger partial charge in [-0.15, -0.1) is 11.3 Å². The van der Waals surface area contributed by atoms with Gasteiger partial charge in [-0.1, -0.05) is 30.3 Å². The summed E-state index contributed by atoms with van der Waals surface area (Å²) in [7, 11) is 0. The largest absolute Gasteiger partial charge is 0.337 e. The number of nitrogens with one attached hydrogen (secondary N) is 2. The van der Waals surface area contributed by atoms with Crippen molar-refractivity contribution in [1.82, 2.24) is 15.6 Å². The van der Waals surface area contributed by atoms with Gasteiger partial charge in [-0.05, 0) is 23.8 Å². The summed E-state index contributed by atoms with van der Waals surface area (Å²) in [5, 5.41) is 6.49. The molecule has 130 valence electrons. The van der Waals surface area contributed by atoms with Crippen LogP contribution in [0.3, 0.4) is 0 Å². The molecule has 0 atom stereocenters. The molecule has 1 heterocycles.